The van der Waals surface area contributed by atoms with Crippen molar-refractivity contribution in [3.05, 3.63) is 71.3 Å². The summed E-state index contributed by atoms with van der Waals surface area (Å²) in [6, 6.07) is 5.74. The number of nitrogens with one attached hydrogen (secondary N) is 6. The molecule has 0 radical (unpaired) electrons. The van der Waals surface area contributed by atoms with E-state index in [1.54, 1.807) is 34.0 Å². The van der Waals surface area contributed by atoms with Gasteiger partial charge in [-0.25, -0.2) is 47.8 Å². The van der Waals surface area contributed by atoms with Crippen LogP contribution in [0.4, 0.5) is 54.8 Å². The normalized spacial score (nSPS) is 30.0. The second-order valence-corrected chi connectivity index (χ2v) is 21.0. The third-order valence-electron chi connectivity index (χ3n) is 16.1. The lowest BCUT2D eigenvalue weighted by Crippen LogP contribution is -2.68. The summed E-state index contributed by atoms with van der Waals surface area (Å²) in [6.07, 6.45) is -0.0907. The number of aromatic nitrogens is 10. The minimum atomic E-state index is -4.73. The maximum Gasteiger partial charge on any atom is 0.435 e. The number of carbonyl (C=O) groups is 3. The van der Waals surface area contributed by atoms with Crippen LogP contribution in [0.25, 0.3) is 11.0 Å². The molecule has 21 nitrogen and oxygen atoms in total. The lowest BCUT2D eigenvalue weighted by atomic mass is 9.50. The number of fused-ring (bicyclic) bond motifs is 2. The second kappa shape index (κ2) is 17.0. The average Bonchev–Trinajstić information content (AvgIpc) is 4.19. The quantitative estimate of drug-likeness (QED) is 0.0588. The van der Waals surface area contributed by atoms with Crippen LogP contribution in [-0.4, -0.2) is 129 Å². The Balaban J connectivity index is 0.802. The standard InChI is InChI=1S/C47H50F5N15O6/c48-38-26(1-3-33(38)72-43(69)57-45-15-23(16-45)17-45)28-12-36(60-59-28)55-41-31-11-30(42(68)64-7-9-71-10-8-64)62-66(31)21-25(54-41)22-67-37(56-40-32-14-35(47(50,51)52)63-65(32)6-5-53-40)13-29(61-67)27-2-4-34(39(27)49)73-44(70)58-46-18-24(19-46)20-46/h5-6,11-14,21,23-24,26-27,33-34,38-39H,1-4,7-10,15-20,22H2,(H5,53,54,55,56,57,58,59,60,61,62,63,68,69,70)/p+1/t23?,24?,26-,27-,33-,34-,38-,39+,45?,46?/m0/s1. The Morgan fingerprint density at radius 3 is 2.07 bits per heavy atom. The molecule has 15 rings (SSSR count). The van der Waals surface area contributed by atoms with Crippen LogP contribution in [0.15, 0.2) is 42.9 Å². The van der Waals surface area contributed by atoms with Crippen LogP contribution in [0.5, 0.6) is 0 Å². The Morgan fingerprint density at radius 2 is 1.44 bits per heavy atom. The Morgan fingerprint density at radius 1 is 0.795 bits per heavy atom. The molecule has 8 aliphatic carbocycles. The number of morpholine rings is 1. The van der Waals surface area contributed by atoms with Crippen molar-refractivity contribution in [1.82, 2.24) is 60.0 Å². The Bertz CT molecular complexity index is 3130. The van der Waals surface area contributed by atoms with Gasteiger partial charge in [-0.2, -0.15) is 33.1 Å². The molecule has 1 saturated heterocycles. The van der Waals surface area contributed by atoms with Crippen LogP contribution >= 0.6 is 0 Å². The molecule has 9 fully saturated rings. The molecule has 6 N–H and O–H groups in total. The molecule has 0 unspecified atom stereocenters. The van der Waals surface area contributed by atoms with Crippen molar-refractivity contribution in [3.8, 4) is 0 Å². The largest absolute Gasteiger partial charge is 0.443 e. The highest BCUT2D eigenvalue weighted by atomic mass is 19.4. The molecular formula is C47H51F5N15O6+. The van der Waals surface area contributed by atoms with E-state index >= 15 is 8.78 Å². The average molecular weight is 1020 g/mol. The van der Waals surface area contributed by atoms with E-state index in [4.69, 9.17) is 19.2 Å². The Kier molecular flexibility index (Phi) is 10.6. The first-order valence-corrected chi connectivity index (χ1v) is 24.8. The molecule has 1 aliphatic heterocycles. The molecule has 6 aromatic rings. The van der Waals surface area contributed by atoms with Crippen LogP contribution in [-0.2, 0) is 26.9 Å². The molecule has 0 aromatic carbocycles. The number of hydrogen-bond acceptors (Lipinski definition) is 13. The number of amides is 3. The van der Waals surface area contributed by atoms with Crippen molar-refractivity contribution in [2.24, 2.45) is 11.8 Å². The summed E-state index contributed by atoms with van der Waals surface area (Å²) in [4.78, 5) is 50.3. The third-order valence-corrected chi connectivity index (χ3v) is 16.1. The van der Waals surface area contributed by atoms with Gasteiger partial charge in [0.1, 0.15) is 41.3 Å². The van der Waals surface area contributed by atoms with Gasteiger partial charge in [0, 0.05) is 72.3 Å². The number of halogens is 5. The summed E-state index contributed by atoms with van der Waals surface area (Å²) in [6.45, 7) is 1.40. The van der Waals surface area contributed by atoms with Crippen molar-refractivity contribution in [2.75, 3.05) is 36.9 Å². The van der Waals surface area contributed by atoms with E-state index in [0.717, 1.165) is 49.1 Å². The highest BCUT2D eigenvalue weighted by Gasteiger charge is 2.59. The maximum atomic E-state index is 16.4. The summed E-state index contributed by atoms with van der Waals surface area (Å²) in [5.41, 5.74) is 0.159. The first kappa shape index (κ1) is 45.7. The lowest BCUT2D eigenvalue weighted by molar-refractivity contribution is -0.730. The lowest BCUT2D eigenvalue weighted by Gasteiger charge is -2.61. The van der Waals surface area contributed by atoms with E-state index < -0.39 is 60.4 Å². The predicted molar refractivity (Wildman–Crippen MR) is 244 cm³/mol. The van der Waals surface area contributed by atoms with Crippen LogP contribution < -0.4 is 25.9 Å². The Labute approximate surface area is 411 Å². The summed E-state index contributed by atoms with van der Waals surface area (Å²) in [5.74, 6) is 0.285. The molecule has 7 heterocycles. The van der Waals surface area contributed by atoms with Crippen molar-refractivity contribution in [1.29, 1.82) is 0 Å². The van der Waals surface area contributed by atoms with Gasteiger partial charge in [-0.3, -0.25) is 9.89 Å². The molecule has 4 bridgehead atoms. The van der Waals surface area contributed by atoms with Gasteiger partial charge in [-0.1, -0.05) is 0 Å². The minimum absolute atomic E-state index is 0.0140. The summed E-state index contributed by atoms with van der Waals surface area (Å²) in [7, 11) is 0. The number of nitrogens with zero attached hydrogens (tertiary/aromatic N) is 9. The molecule has 3 amide bonds. The van der Waals surface area contributed by atoms with Crippen LogP contribution in [0.1, 0.15) is 109 Å². The van der Waals surface area contributed by atoms with Crippen molar-refractivity contribution < 1.29 is 55.2 Å². The zero-order chi connectivity index (χ0) is 50.0. The van der Waals surface area contributed by atoms with Crippen LogP contribution in [0, 0.1) is 11.8 Å². The zero-order valence-electron chi connectivity index (χ0n) is 39.1. The smallest absolute Gasteiger partial charge is 0.435 e. The van der Waals surface area contributed by atoms with Gasteiger partial charge in [0.2, 0.25) is 5.82 Å². The molecule has 73 heavy (non-hydrogen) atoms. The Hall–Kier alpha value is -7.12. The number of rotatable bonds is 13. The topological polar surface area (TPSA) is 239 Å². The second-order valence-electron chi connectivity index (χ2n) is 21.0. The van der Waals surface area contributed by atoms with Gasteiger partial charge in [-0.05, 0) is 76.0 Å². The van der Waals surface area contributed by atoms with Crippen molar-refractivity contribution in [2.45, 2.75) is 124 Å². The molecule has 384 valence electrons. The summed E-state index contributed by atoms with van der Waals surface area (Å²) < 4.78 is 94.8. The van der Waals surface area contributed by atoms with E-state index in [1.807, 2.05) is 0 Å². The highest BCUT2D eigenvalue weighted by Crippen LogP contribution is 2.58. The van der Waals surface area contributed by atoms with Gasteiger partial charge in [-0.15, -0.1) is 0 Å². The monoisotopic (exact) mass is 1020 g/mol. The van der Waals surface area contributed by atoms with E-state index in [9.17, 15) is 27.6 Å². The number of ether oxygens (including phenoxy) is 3. The van der Waals surface area contributed by atoms with Crippen molar-refractivity contribution >= 4 is 52.4 Å². The first-order chi connectivity index (χ1) is 35.1. The van der Waals surface area contributed by atoms with Crippen LogP contribution in [0.3, 0.4) is 0 Å². The van der Waals surface area contributed by atoms with Crippen LogP contribution in [0.2, 0.25) is 0 Å². The fourth-order valence-electron chi connectivity index (χ4n) is 12.1. The molecule has 6 aromatic heterocycles. The fraction of sp³-hybridized carbons (Fsp3) is 0.553. The minimum Gasteiger partial charge on any atom is -0.443 e. The number of anilines is 4. The SMILES string of the molecule is O=C(NC12CC(C1)C2)O[C@H]1CC[C@@H](c2cc(Nc3nc(C[n+]4[nH]c([C@@H]5CC[C@H](OC(=O)NC67CC(C6)C7)[C@@H]5F)cc4Nc4nccn5nc(C(F)(F)F)cc45)cn4nc(C(=O)N5CCOCC5)cc34)n[nH]2)[C@@H]1F. The van der Waals surface area contributed by atoms with E-state index in [0.29, 0.717) is 80.0 Å². The molecule has 8 saturated carbocycles. The highest BCUT2D eigenvalue weighted by molar-refractivity contribution is 5.94. The molecule has 26 heteroatoms. The molecule has 0 spiro atoms. The first-order valence-electron chi connectivity index (χ1n) is 24.8. The van der Waals surface area contributed by atoms with Gasteiger partial charge in [0.15, 0.2) is 29.6 Å². The van der Waals surface area contributed by atoms with Crippen molar-refractivity contribution in [3.63, 3.8) is 0 Å². The van der Waals surface area contributed by atoms with Gasteiger partial charge in [0.25, 0.3) is 5.91 Å². The number of H-pyrrole nitrogens is 2. The third kappa shape index (κ3) is 8.29. The molecule has 6 atom stereocenters. The number of carbonyl (C=O) groups excluding carboxylic acids is 3. The number of alkyl halides is 5. The molecular weight excluding hydrogens is 966 g/mol. The maximum absolute atomic E-state index is 16.4. The summed E-state index contributed by atoms with van der Waals surface area (Å²) >= 11 is 0. The number of alkyl carbamates (subject to hydrolysis) is 2. The predicted octanol–water partition coefficient (Wildman–Crippen LogP) is 5.86. The van der Waals surface area contributed by atoms with Gasteiger partial charge >= 0.3 is 24.2 Å². The van der Waals surface area contributed by atoms with E-state index in [1.165, 1.54) is 16.9 Å². The number of hydrogen-bond donors (Lipinski definition) is 6. The zero-order valence-corrected chi connectivity index (χ0v) is 39.1. The summed E-state index contributed by atoms with van der Waals surface area (Å²) in [5, 5.41) is 31.2. The molecule has 9 aliphatic rings. The fourth-order valence-corrected chi connectivity index (χ4v) is 12.1. The van der Waals surface area contributed by atoms with Gasteiger partial charge < -0.3 is 35.1 Å². The van der Waals surface area contributed by atoms with E-state index in [2.05, 4.69) is 51.7 Å². The van der Waals surface area contributed by atoms with Gasteiger partial charge in [0.05, 0.1) is 31.2 Å². The van der Waals surface area contributed by atoms with E-state index in [-0.39, 0.29) is 64.4 Å². The number of aromatic amines is 2.